The van der Waals surface area contributed by atoms with Gasteiger partial charge in [0.2, 0.25) is 5.95 Å². The zero-order chi connectivity index (χ0) is 16.7. The van der Waals surface area contributed by atoms with Gasteiger partial charge in [-0.2, -0.15) is 0 Å². The molecular formula is C14H11Cl2N5OS. The molecule has 3 rings (SSSR count). The van der Waals surface area contributed by atoms with E-state index < -0.39 is 0 Å². The summed E-state index contributed by atoms with van der Waals surface area (Å²) >= 11 is 13.2. The van der Waals surface area contributed by atoms with E-state index in [0.717, 1.165) is 11.3 Å². The number of aromatic nitrogens is 2. The SMILES string of the molecule is CNC(=O)c1sc2nc(N)nc(-c3ccc(Cl)c(Cl)c3)c2c1N. The van der Waals surface area contributed by atoms with Gasteiger partial charge in [0.1, 0.15) is 9.71 Å². The highest BCUT2D eigenvalue weighted by Crippen LogP contribution is 2.39. The molecule has 3 aromatic rings. The Kier molecular flexibility index (Phi) is 4.01. The van der Waals surface area contributed by atoms with Gasteiger partial charge < -0.3 is 16.8 Å². The van der Waals surface area contributed by atoms with Crippen molar-refractivity contribution in [3.05, 3.63) is 33.1 Å². The highest BCUT2D eigenvalue weighted by Gasteiger charge is 2.21. The van der Waals surface area contributed by atoms with Crippen molar-refractivity contribution in [2.24, 2.45) is 0 Å². The maximum Gasteiger partial charge on any atom is 0.263 e. The van der Waals surface area contributed by atoms with Gasteiger partial charge in [-0.05, 0) is 12.1 Å². The van der Waals surface area contributed by atoms with Crippen LogP contribution < -0.4 is 16.8 Å². The van der Waals surface area contributed by atoms with Gasteiger partial charge in [-0.15, -0.1) is 11.3 Å². The zero-order valence-electron chi connectivity index (χ0n) is 11.9. The fraction of sp³-hybridized carbons (Fsp3) is 0.0714. The molecule has 0 atom stereocenters. The number of amides is 1. The summed E-state index contributed by atoms with van der Waals surface area (Å²) in [5.41, 5.74) is 13.4. The van der Waals surface area contributed by atoms with E-state index in [1.807, 2.05) is 0 Å². The van der Waals surface area contributed by atoms with Gasteiger partial charge in [0.15, 0.2) is 0 Å². The quantitative estimate of drug-likeness (QED) is 0.644. The van der Waals surface area contributed by atoms with Gasteiger partial charge >= 0.3 is 0 Å². The predicted octanol–water partition coefficient (Wildman–Crippen LogP) is 3.19. The molecule has 118 valence electrons. The maximum atomic E-state index is 11.9. The molecule has 0 aliphatic heterocycles. The van der Waals surface area contributed by atoms with Gasteiger partial charge in [0.25, 0.3) is 5.91 Å². The van der Waals surface area contributed by atoms with E-state index in [-0.39, 0.29) is 11.9 Å². The first-order valence-electron chi connectivity index (χ1n) is 6.45. The Balaban J connectivity index is 2.33. The molecule has 0 fully saturated rings. The Labute approximate surface area is 145 Å². The second-order valence-corrected chi connectivity index (χ2v) is 6.48. The van der Waals surface area contributed by atoms with E-state index in [9.17, 15) is 4.79 Å². The third-order valence-corrected chi connectivity index (χ3v) is 5.07. The van der Waals surface area contributed by atoms with E-state index in [2.05, 4.69) is 15.3 Å². The molecule has 0 bridgehead atoms. The molecule has 0 radical (unpaired) electrons. The van der Waals surface area contributed by atoms with Crippen LogP contribution in [0.4, 0.5) is 11.6 Å². The van der Waals surface area contributed by atoms with E-state index in [1.54, 1.807) is 18.2 Å². The number of carbonyl (C=O) groups is 1. The summed E-state index contributed by atoms with van der Waals surface area (Å²) in [5, 5.41) is 3.93. The van der Waals surface area contributed by atoms with Crippen LogP contribution in [0.1, 0.15) is 9.67 Å². The second kappa shape index (κ2) is 5.84. The monoisotopic (exact) mass is 367 g/mol. The molecule has 2 aromatic heterocycles. The normalized spacial score (nSPS) is 10.9. The molecule has 1 aromatic carbocycles. The predicted molar refractivity (Wildman–Crippen MR) is 95.1 cm³/mol. The summed E-state index contributed by atoms with van der Waals surface area (Å²) in [6.45, 7) is 0. The number of thiophene rings is 1. The topological polar surface area (TPSA) is 107 Å². The second-order valence-electron chi connectivity index (χ2n) is 4.66. The average Bonchev–Trinajstić information content (AvgIpc) is 2.85. The van der Waals surface area contributed by atoms with Crippen molar-refractivity contribution in [3.63, 3.8) is 0 Å². The van der Waals surface area contributed by atoms with Crippen molar-refractivity contribution < 1.29 is 4.79 Å². The van der Waals surface area contributed by atoms with Gasteiger partial charge in [-0.1, -0.05) is 29.3 Å². The maximum absolute atomic E-state index is 11.9. The molecule has 0 aliphatic rings. The van der Waals surface area contributed by atoms with Crippen LogP contribution in [0.15, 0.2) is 18.2 Å². The van der Waals surface area contributed by atoms with Gasteiger partial charge in [0, 0.05) is 12.6 Å². The van der Waals surface area contributed by atoms with Gasteiger partial charge in [0.05, 0.1) is 26.8 Å². The number of hydrogen-bond acceptors (Lipinski definition) is 6. The highest BCUT2D eigenvalue weighted by atomic mass is 35.5. The summed E-state index contributed by atoms with van der Waals surface area (Å²) in [5.74, 6) is -0.201. The summed E-state index contributed by atoms with van der Waals surface area (Å²) < 4.78 is 0. The third-order valence-electron chi connectivity index (χ3n) is 3.23. The van der Waals surface area contributed by atoms with Crippen LogP contribution in [0.25, 0.3) is 21.5 Å². The fourth-order valence-corrected chi connectivity index (χ4v) is 3.52. The van der Waals surface area contributed by atoms with Crippen LogP contribution in [0.2, 0.25) is 10.0 Å². The smallest absolute Gasteiger partial charge is 0.263 e. The number of halogens is 2. The molecule has 2 heterocycles. The fourth-order valence-electron chi connectivity index (χ4n) is 2.17. The summed E-state index contributed by atoms with van der Waals surface area (Å²) in [6.07, 6.45) is 0. The minimum Gasteiger partial charge on any atom is -0.397 e. The highest BCUT2D eigenvalue weighted by molar-refractivity contribution is 7.21. The van der Waals surface area contributed by atoms with Crippen LogP contribution in [0.3, 0.4) is 0 Å². The lowest BCUT2D eigenvalue weighted by molar-refractivity contribution is 0.0968. The first kappa shape index (κ1) is 15.8. The first-order chi connectivity index (χ1) is 10.9. The van der Waals surface area contributed by atoms with E-state index in [0.29, 0.717) is 42.1 Å². The Morgan fingerprint density at radius 2 is 1.96 bits per heavy atom. The van der Waals surface area contributed by atoms with Crippen LogP contribution in [0, 0.1) is 0 Å². The van der Waals surface area contributed by atoms with E-state index in [1.165, 1.54) is 7.05 Å². The van der Waals surface area contributed by atoms with Crippen molar-refractivity contribution in [1.29, 1.82) is 0 Å². The Bertz CT molecular complexity index is 941. The number of rotatable bonds is 2. The van der Waals surface area contributed by atoms with Crippen LogP contribution in [0.5, 0.6) is 0 Å². The number of nitrogens with two attached hydrogens (primary N) is 2. The molecule has 0 aliphatic carbocycles. The van der Waals surface area contributed by atoms with Crippen molar-refractivity contribution in [2.45, 2.75) is 0 Å². The molecule has 0 unspecified atom stereocenters. The van der Waals surface area contributed by atoms with E-state index in [4.69, 9.17) is 34.7 Å². The minimum atomic E-state index is -0.288. The zero-order valence-corrected chi connectivity index (χ0v) is 14.2. The largest absolute Gasteiger partial charge is 0.397 e. The number of benzene rings is 1. The lowest BCUT2D eigenvalue weighted by atomic mass is 10.1. The number of nitrogen functional groups attached to an aromatic ring is 2. The molecule has 5 N–H and O–H groups in total. The summed E-state index contributed by atoms with van der Waals surface area (Å²) in [6, 6.07) is 5.08. The third kappa shape index (κ3) is 2.67. The lowest BCUT2D eigenvalue weighted by Crippen LogP contribution is -2.17. The molecule has 23 heavy (non-hydrogen) atoms. The molecule has 9 heteroatoms. The van der Waals surface area contributed by atoms with Gasteiger partial charge in [-0.25, -0.2) is 9.97 Å². The van der Waals surface area contributed by atoms with Crippen LogP contribution >= 0.6 is 34.5 Å². The first-order valence-corrected chi connectivity index (χ1v) is 8.02. The van der Waals surface area contributed by atoms with Crippen LogP contribution in [-0.2, 0) is 0 Å². The number of anilines is 2. The molecule has 6 nitrogen and oxygen atoms in total. The lowest BCUT2D eigenvalue weighted by Gasteiger charge is -2.06. The molecule has 0 saturated carbocycles. The van der Waals surface area contributed by atoms with Crippen molar-refractivity contribution in [3.8, 4) is 11.3 Å². The number of fused-ring (bicyclic) bond motifs is 1. The number of nitrogens with one attached hydrogen (secondary N) is 1. The minimum absolute atomic E-state index is 0.0864. The van der Waals surface area contributed by atoms with Crippen molar-refractivity contribution in [1.82, 2.24) is 15.3 Å². The summed E-state index contributed by atoms with van der Waals surface area (Å²) in [4.78, 5) is 21.3. The Hall–Kier alpha value is -2.09. The van der Waals surface area contributed by atoms with Gasteiger partial charge in [-0.3, -0.25) is 4.79 Å². The number of hydrogen-bond donors (Lipinski definition) is 3. The average molecular weight is 368 g/mol. The standard InChI is InChI=1S/C14H11Cl2N5OS/c1-19-12(22)11-9(17)8-10(20-14(18)21-13(8)23-11)5-2-3-6(15)7(16)4-5/h2-4H,17H2,1H3,(H,19,22)(H2,18,20,21). The Morgan fingerprint density at radius 1 is 1.22 bits per heavy atom. The molecule has 1 amide bonds. The summed E-state index contributed by atoms with van der Waals surface area (Å²) in [7, 11) is 1.53. The van der Waals surface area contributed by atoms with Crippen molar-refractivity contribution >= 4 is 62.3 Å². The number of carbonyl (C=O) groups excluding carboxylic acids is 1. The number of nitrogens with zero attached hydrogens (tertiary/aromatic N) is 2. The Morgan fingerprint density at radius 3 is 2.61 bits per heavy atom. The van der Waals surface area contributed by atoms with Crippen LogP contribution in [-0.4, -0.2) is 22.9 Å². The molecule has 0 spiro atoms. The molecular weight excluding hydrogens is 357 g/mol. The molecule has 0 saturated heterocycles. The van der Waals surface area contributed by atoms with E-state index >= 15 is 0 Å². The van der Waals surface area contributed by atoms with Crippen molar-refractivity contribution in [2.75, 3.05) is 18.5 Å².